The van der Waals surface area contributed by atoms with Crippen molar-refractivity contribution in [2.75, 3.05) is 26.2 Å². The fraction of sp³-hybridized carbons (Fsp3) is 0.893. The molecule has 0 aromatic heterocycles. The second kappa shape index (κ2) is 16.9. The average molecular weight is 605 g/mol. The molecule has 3 fully saturated rings. The highest BCUT2D eigenvalue weighted by Gasteiger charge is 2.41. The van der Waals surface area contributed by atoms with Crippen LogP contribution in [0.5, 0.6) is 0 Å². The Bertz CT molecular complexity index is 862. The first kappa shape index (κ1) is 34.7. The number of hydroxylamine groups is 2. The van der Waals surface area contributed by atoms with Crippen LogP contribution in [0.1, 0.15) is 77.6 Å². The topological polar surface area (TPSA) is 207 Å². The van der Waals surface area contributed by atoms with Crippen LogP contribution in [0.2, 0.25) is 0 Å². The average Bonchev–Trinajstić information content (AvgIpc) is 3.27. The molecule has 9 atom stereocenters. The van der Waals surface area contributed by atoms with Crippen molar-refractivity contribution in [3.63, 3.8) is 0 Å². The molecule has 0 unspecified atom stereocenters. The van der Waals surface area contributed by atoms with Crippen LogP contribution in [0.4, 0.5) is 0 Å². The summed E-state index contributed by atoms with van der Waals surface area (Å²) in [4.78, 5) is 42.4. The molecular weight excluding hydrogens is 556 g/mol. The third kappa shape index (κ3) is 9.89. The van der Waals surface area contributed by atoms with Crippen LogP contribution in [0.15, 0.2) is 0 Å². The second-order valence-corrected chi connectivity index (χ2v) is 11.6. The Balaban J connectivity index is 1.43. The number of nitrogens with zero attached hydrogens (tertiary/aromatic N) is 2. The summed E-state index contributed by atoms with van der Waals surface area (Å²) in [5.74, 6) is -1.64. The monoisotopic (exact) mass is 604 g/mol. The molecule has 242 valence electrons. The third-order valence-electron chi connectivity index (χ3n) is 8.30. The van der Waals surface area contributed by atoms with Crippen molar-refractivity contribution in [1.29, 1.82) is 0 Å². The molecule has 6 N–H and O–H groups in total. The molecule has 0 aromatic carbocycles. The van der Waals surface area contributed by atoms with Gasteiger partial charge in [0.1, 0.15) is 30.5 Å². The van der Waals surface area contributed by atoms with Gasteiger partial charge in [-0.05, 0) is 65.1 Å². The van der Waals surface area contributed by atoms with Crippen molar-refractivity contribution in [2.45, 2.75) is 132 Å². The molecule has 3 heterocycles. The van der Waals surface area contributed by atoms with Crippen molar-refractivity contribution in [2.24, 2.45) is 0 Å². The van der Waals surface area contributed by atoms with E-state index < -0.39 is 66.6 Å². The van der Waals surface area contributed by atoms with Crippen LogP contribution in [0.3, 0.4) is 0 Å². The maximum absolute atomic E-state index is 12.0. The molecule has 3 aliphatic rings. The summed E-state index contributed by atoms with van der Waals surface area (Å²) >= 11 is 0. The number of hydrogen-bond donors (Lipinski definition) is 6. The number of imide groups is 1. The molecule has 3 aliphatic heterocycles. The van der Waals surface area contributed by atoms with Crippen LogP contribution in [0, 0.1) is 0 Å². The highest BCUT2D eigenvalue weighted by molar-refractivity contribution is 6.01. The van der Waals surface area contributed by atoms with Gasteiger partial charge in [0, 0.05) is 25.7 Å². The zero-order chi connectivity index (χ0) is 30.8. The summed E-state index contributed by atoms with van der Waals surface area (Å²) < 4.78 is 11.5. The number of unbranched alkanes of at least 4 members (excludes halogenated alkanes) is 2. The standard InChI is InChI=1S/C28H48N2O12/c1-17-25(36)28(39)27(38)20(40-17)8-6-14-29(13-5-7-18-15-19(32)26(37)21(16-31)41-18)12-4-2-3-9-24(35)42-30-22(33)10-11-23(30)34/h17-21,25-28,31-32,36-39H,2-16H2,1H3/t17-,18-,19+,20-,21+,25+,26-,27+,28+/m0/s1. The molecule has 14 nitrogen and oxygen atoms in total. The van der Waals surface area contributed by atoms with Gasteiger partial charge in [0.2, 0.25) is 0 Å². The van der Waals surface area contributed by atoms with Crippen molar-refractivity contribution in [3.8, 4) is 0 Å². The number of amides is 2. The van der Waals surface area contributed by atoms with E-state index in [9.17, 15) is 45.0 Å². The quantitative estimate of drug-likeness (QED) is 0.0901. The van der Waals surface area contributed by atoms with Crippen LogP contribution < -0.4 is 0 Å². The minimum atomic E-state index is -1.27. The van der Waals surface area contributed by atoms with Crippen molar-refractivity contribution < 1.29 is 59.3 Å². The molecule has 3 rings (SSSR count). The largest absolute Gasteiger partial charge is 0.394 e. The number of hydrogen-bond acceptors (Lipinski definition) is 13. The first-order valence-electron chi connectivity index (χ1n) is 15.1. The van der Waals surface area contributed by atoms with Gasteiger partial charge in [0.15, 0.2) is 0 Å². The van der Waals surface area contributed by atoms with Gasteiger partial charge in [-0.3, -0.25) is 9.59 Å². The van der Waals surface area contributed by atoms with Gasteiger partial charge in [-0.2, -0.15) is 0 Å². The molecule has 3 saturated heterocycles. The number of aliphatic hydroxyl groups is 6. The zero-order valence-electron chi connectivity index (χ0n) is 24.3. The molecule has 0 aromatic rings. The molecule has 0 saturated carbocycles. The highest BCUT2D eigenvalue weighted by Crippen LogP contribution is 2.25. The summed E-state index contributed by atoms with van der Waals surface area (Å²) in [5.41, 5.74) is 0. The van der Waals surface area contributed by atoms with E-state index in [0.29, 0.717) is 50.3 Å². The Morgan fingerprint density at radius 3 is 2.14 bits per heavy atom. The lowest BCUT2D eigenvalue weighted by Crippen LogP contribution is -2.56. The summed E-state index contributed by atoms with van der Waals surface area (Å²) in [6.07, 6.45) is -2.96. The van der Waals surface area contributed by atoms with Gasteiger partial charge in [-0.25, -0.2) is 4.79 Å². The van der Waals surface area contributed by atoms with Gasteiger partial charge in [0.05, 0.1) is 31.0 Å². The molecule has 0 bridgehead atoms. The molecule has 0 aliphatic carbocycles. The maximum atomic E-state index is 12.0. The van der Waals surface area contributed by atoms with Crippen LogP contribution in [0.25, 0.3) is 0 Å². The summed E-state index contributed by atoms with van der Waals surface area (Å²) in [6, 6.07) is 0. The maximum Gasteiger partial charge on any atom is 0.333 e. The van der Waals surface area contributed by atoms with Crippen molar-refractivity contribution >= 4 is 17.8 Å². The molecule has 2 amide bonds. The van der Waals surface area contributed by atoms with Gasteiger partial charge in [-0.15, -0.1) is 5.06 Å². The Hall–Kier alpha value is -1.75. The molecule has 0 spiro atoms. The number of carbonyl (C=O) groups is 3. The van der Waals surface area contributed by atoms with E-state index in [1.807, 2.05) is 0 Å². The second-order valence-electron chi connectivity index (χ2n) is 11.6. The molecular formula is C28H48N2O12. The van der Waals surface area contributed by atoms with Crippen LogP contribution in [-0.4, -0.2) is 140 Å². The lowest BCUT2D eigenvalue weighted by atomic mass is 9.93. The predicted molar refractivity (Wildman–Crippen MR) is 145 cm³/mol. The Kier molecular flexibility index (Phi) is 14.0. The lowest BCUT2D eigenvalue weighted by Gasteiger charge is -2.39. The SMILES string of the molecule is C[C@@H]1O[C@@H](CCCN(CCCCCC(=O)ON2C(=O)CCC2=O)CCC[C@H]2C[C@@H](O)[C@H](O)[C@@H](CO)O2)[C@@H](O)[C@H](O)[C@@H]1O. The van der Waals surface area contributed by atoms with Gasteiger partial charge in [-0.1, -0.05) is 6.42 Å². The fourth-order valence-corrected chi connectivity index (χ4v) is 5.73. The molecule has 14 heteroatoms. The summed E-state index contributed by atoms with van der Waals surface area (Å²) in [5, 5.41) is 60.4. The van der Waals surface area contributed by atoms with Crippen LogP contribution in [-0.2, 0) is 28.7 Å². The third-order valence-corrected chi connectivity index (χ3v) is 8.30. The highest BCUT2D eigenvalue weighted by atomic mass is 16.7. The van der Waals surface area contributed by atoms with E-state index in [1.165, 1.54) is 0 Å². The number of carbonyl (C=O) groups excluding carboxylic acids is 3. The predicted octanol–water partition coefficient (Wildman–Crippen LogP) is -1.24. The van der Waals surface area contributed by atoms with Crippen molar-refractivity contribution in [3.05, 3.63) is 0 Å². The molecule has 0 radical (unpaired) electrons. The van der Waals surface area contributed by atoms with Crippen LogP contribution >= 0.6 is 0 Å². The zero-order valence-corrected chi connectivity index (χ0v) is 24.3. The first-order chi connectivity index (χ1) is 20.0. The fourth-order valence-electron chi connectivity index (χ4n) is 5.73. The normalized spacial score (nSPS) is 33.9. The smallest absolute Gasteiger partial charge is 0.333 e. The minimum absolute atomic E-state index is 0.0484. The Labute approximate surface area is 246 Å². The van der Waals surface area contributed by atoms with E-state index >= 15 is 0 Å². The summed E-state index contributed by atoms with van der Waals surface area (Å²) in [6.45, 7) is 3.37. The van der Waals surface area contributed by atoms with Crippen molar-refractivity contribution in [1.82, 2.24) is 9.96 Å². The number of rotatable bonds is 16. The van der Waals surface area contributed by atoms with E-state index in [-0.39, 0.29) is 38.4 Å². The van der Waals surface area contributed by atoms with E-state index in [1.54, 1.807) is 6.92 Å². The number of ether oxygens (including phenoxy) is 2. The lowest BCUT2D eigenvalue weighted by molar-refractivity contribution is -0.218. The van der Waals surface area contributed by atoms with Gasteiger partial charge < -0.3 is 49.9 Å². The Morgan fingerprint density at radius 2 is 1.48 bits per heavy atom. The van der Waals surface area contributed by atoms with Gasteiger partial charge >= 0.3 is 5.97 Å². The van der Waals surface area contributed by atoms with Gasteiger partial charge in [0.25, 0.3) is 11.8 Å². The Morgan fingerprint density at radius 1 is 0.833 bits per heavy atom. The summed E-state index contributed by atoms with van der Waals surface area (Å²) in [7, 11) is 0. The van der Waals surface area contributed by atoms with E-state index in [2.05, 4.69) is 4.90 Å². The van der Waals surface area contributed by atoms with E-state index in [0.717, 1.165) is 19.4 Å². The minimum Gasteiger partial charge on any atom is -0.394 e. The van der Waals surface area contributed by atoms with E-state index in [4.69, 9.17) is 14.3 Å². The first-order valence-corrected chi connectivity index (χ1v) is 15.1. The number of aliphatic hydroxyl groups excluding tert-OH is 6. The molecule has 42 heavy (non-hydrogen) atoms.